The van der Waals surface area contributed by atoms with E-state index in [9.17, 15) is 9.18 Å². The third kappa shape index (κ3) is 4.43. The van der Waals surface area contributed by atoms with Crippen LogP contribution in [-0.4, -0.2) is 49.2 Å². The van der Waals surface area contributed by atoms with Gasteiger partial charge in [-0.15, -0.1) is 0 Å². The van der Waals surface area contributed by atoms with Gasteiger partial charge in [-0.25, -0.2) is 9.37 Å². The van der Waals surface area contributed by atoms with Crippen LogP contribution in [0.1, 0.15) is 56.6 Å². The summed E-state index contributed by atoms with van der Waals surface area (Å²) in [7, 11) is 3.97. The Hall–Kier alpha value is -3.46. The first-order valence-corrected chi connectivity index (χ1v) is 12.3. The van der Waals surface area contributed by atoms with Gasteiger partial charge in [0.25, 0.3) is 5.91 Å². The first-order valence-electron chi connectivity index (χ1n) is 12.3. The van der Waals surface area contributed by atoms with Crippen LogP contribution >= 0.6 is 0 Å². The molecule has 0 bridgehead atoms. The quantitative estimate of drug-likeness (QED) is 0.434. The van der Waals surface area contributed by atoms with E-state index >= 15 is 0 Å². The number of imidazole rings is 1. The molecule has 9 heteroatoms. The molecule has 190 valence electrons. The Balaban J connectivity index is 1.48. The minimum absolute atomic E-state index is 0.0126. The minimum Gasteiger partial charge on any atom is -0.371 e. The standard InChI is InChI=1S/C27H34FN7O/c1-16-13-35-14-17(10-21(28)24(35)29-16)30-25(36)19-8-9-22(20-15-33(6)31-23(19)20)34(7)18-11-26(2,3)32-27(4,5)12-18/h8-10,13-15,18,32H,11-12H2,1-7H3,(H,30,36). The van der Waals surface area contributed by atoms with E-state index < -0.39 is 5.82 Å². The number of aromatic nitrogens is 4. The van der Waals surface area contributed by atoms with Crippen LogP contribution < -0.4 is 15.5 Å². The number of benzene rings is 1. The van der Waals surface area contributed by atoms with E-state index in [-0.39, 0.29) is 22.6 Å². The van der Waals surface area contributed by atoms with Gasteiger partial charge in [0.15, 0.2) is 11.5 Å². The summed E-state index contributed by atoms with van der Waals surface area (Å²) in [6.45, 7) is 10.8. The molecule has 8 nitrogen and oxygen atoms in total. The van der Waals surface area contributed by atoms with Crippen molar-refractivity contribution in [2.75, 3.05) is 17.3 Å². The van der Waals surface area contributed by atoms with Crippen molar-refractivity contribution >= 4 is 33.8 Å². The molecule has 0 saturated carbocycles. The molecule has 4 aromatic rings. The Labute approximate surface area is 210 Å². The van der Waals surface area contributed by atoms with Crippen molar-refractivity contribution in [2.24, 2.45) is 7.05 Å². The summed E-state index contributed by atoms with van der Waals surface area (Å²) in [4.78, 5) is 19.8. The highest BCUT2D eigenvalue weighted by Crippen LogP contribution is 2.36. The third-order valence-corrected chi connectivity index (χ3v) is 6.99. The van der Waals surface area contributed by atoms with Crippen LogP contribution in [0.25, 0.3) is 16.6 Å². The lowest BCUT2D eigenvalue weighted by atomic mass is 9.79. The highest BCUT2D eigenvalue weighted by Gasteiger charge is 2.39. The summed E-state index contributed by atoms with van der Waals surface area (Å²) in [6, 6.07) is 5.42. The van der Waals surface area contributed by atoms with Gasteiger partial charge in [0.2, 0.25) is 0 Å². The van der Waals surface area contributed by atoms with Gasteiger partial charge in [0.05, 0.1) is 16.9 Å². The predicted octanol–water partition coefficient (Wildman–Crippen LogP) is 4.67. The lowest BCUT2D eigenvalue weighted by Crippen LogP contribution is -2.61. The second-order valence-electron chi connectivity index (χ2n) is 11.4. The summed E-state index contributed by atoms with van der Waals surface area (Å²) < 4.78 is 17.8. The fourth-order valence-corrected chi connectivity index (χ4v) is 5.88. The number of hydrogen-bond donors (Lipinski definition) is 2. The molecule has 1 aliphatic rings. The van der Waals surface area contributed by atoms with Gasteiger partial charge in [-0.2, -0.15) is 5.10 Å². The zero-order valence-corrected chi connectivity index (χ0v) is 22.0. The maximum absolute atomic E-state index is 14.5. The number of piperidine rings is 1. The van der Waals surface area contributed by atoms with Crippen molar-refractivity contribution in [2.45, 2.75) is 64.6 Å². The number of amides is 1. The Morgan fingerprint density at radius 3 is 2.56 bits per heavy atom. The Bertz CT molecular complexity index is 1470. The van der Waals surface area contributed by atoms with Crippen molar-refractivity contribution in [1.82, 2.24) is 24.5 Å². The van der Waals surface area contributed by atoms with Crippen molar-refractivity contribution in [1.29, 1.82) is 0 Å². The second-order valence-corrected chi connectivity index (χ2v) is 11.4. The molecule has 2 N–H and O–H groups in total. The molecule has 4 heterocycles. The van der Waals surface area contributed by atoms with E-state index in [4.69, 9.17) is 0 Å². The van der Waals surface area contributed by atoms with Gasteiger partial charge in [-0.1, -0.05) is 0 Å². The fraction of sp³-hybridized carbons (Fsp3) is 0.444. The summed E-state index contributed by atoms with van der Waals surface area (Å²) in [5, 5.41) is 12.1. The average Bonchev–Trinajstić information content (AvgIpc) is 3.32. The maximum atomic E-state index is 14.5. The molecule has 1 aromatic carbocycles. The molecule has 1 saturated heterocycles. The molecule has 1 aliphatic heterocycles. The van der Waals surface area contributed by atoms with Crippen LogP contribution in [0.4, 0.5) is 15.8 Å². The van der Waals surface area contributed by atoms with Crippen LogP contribution in [0, 0.1) is 12.7 Å². The average molecular weight is 492 g/mol. The number of carbonyl (C=O) groups is 1. The summed E-state index contributed by atoms with van der Waals surface area (Å²) in [6.07, 6.45) is 7.33. The lowest BCUT2D eigenvalue weighted by Gasteiger charge is -2.49. The molecule has 0 aliphatic carbocycles. The maximum Gasteiger partial charge on any atom is 0.257 e. The highest BCUT2D eigenvalue weighted by molar-refractivity contribution is 6.13. The highest BCUT2D eigenvalue weighted by atomic mass is 19.1. The van der Waals surface area contributed by atoms with Crippen molar-refractivity contribution < 1.29 is 9.18 Å². The smallest absolute Gasteiger partial charge is 0.257 e. The van der Waals surface area contributed by atoms with Gasteiger partial charge in [-0.3, -0.25) is 9.48 Å². The van der Waals surface area contributed by atoms with E-state index in [0.717, 1.165) is 23.9 Å². The minimum atomic E-state index is -0.492. The number of halogens is 1. The number of fused-ring (bicyclic) bond motifs is 2. The molecular formula is C27H34FN7O. The Kier molecular flexibility index (Phi) is 5.59. The molecule has 0 unspecified atom stereocenters. The van der Waals surface area contributed by atoms with Crippen LogP contribution in [-0.2, 0) is 7.05 Å². The number of pyridine rings is 1. The molecule has 0 atom stereocenters. The van der Waals surface area contributed by atoms with E-state index in [1.165, 1.54) is 6.07 Å². The van der Waals surface area contributed by atoms with E-state index in [1.807, 2.05) is 25.4 Å². The van der Waals surface area contributed by atoms with Gasteiger partial charge >= 0.3 is 0 Å². The number of hydrogen-bond acceptors (Lipinski definition) is 5. The Morgan fingerprint density at radius 2 is 1.86 bits per heavy atom. The van der Waals surface area contributed by atoms with Crippen LogP contribution in [0.2, 0.25) is 0 Å². The SMILES string of the molecule is Cc1cn2cc(NC(=O)c3ccc(N(C)C4CC(C)(C)NC(C)(C)C4)c4cn(C)nc34)cc(F)c2n1. The lowest BCUT2D eigenvalue weighted by molar-refractivity contribution is 0.102. The molecule has 1 amide bonds. The molecule has 5 rings (SSSR count). The second kappa shape index (κ2) is 8.30. The van der Waals surface area contributed by atoms with Crippen molar-refractivity contribution in [3.63, 3.8) is 0 Å². The molecule has 36 heavy (non-hydrogen) atoms. The van der Waals surface area contributed by atoms with E-state index in [0.29, 0.717) is 28.5 Å². The first-order chi connectivity index (χ1) is 16.8. The zero-order chi connectivity index (χ0) is 26.0. The predicted molar refractivity (Wildman–Crippen MR) is 141 cm³/mol. The van der Waals surface area contributed by atoms with Crippen molar-refractivity contribution in [3.05, 3.63) is 53.9 Å². The summed E-state index contributed by atoms with van der Waals surface area (Å²) >= 11 is 0. The number of anilines is 2. The van der Waals surface area contributed by atoms with Gasteiger partial charge < -0.3 is 19.9 Å². The first kappa shape index (κ1) is 24.2. The summed E-state index contributed by atoms with van der Waals surface area (Å²) in [5.74, 6) is -0.832. The van der Waals surface area contributed by atoms with E-state index in [1.54, 1.807) is 28.4 Å². The third-order valence-electron chi connectivity index (χ3n) is 6.99. The molecule has 0 spiro atoms. The summed E-state index contributed by atoms with van der Waals surface area (Å²) in [5.41, 5.74) is 3.41. The zero-order valence-electron chi connectivity index (χ0n) is 22.0. The number of nitrogens with one attached hydrogen (secondary N) is 2. The van der Waals surface area contributed by atoms with Crippen molar-refractivity contribution in [3.8, 4) is 0 Å². The molecule has 0 radical (unpaired) electrons. The largest absolute Gasteiger partial charge is 0.371 e. The number of nitrogens with zero attached hydrogens (tertiary/aromatic N) is 5. The fourth-order valence-electron chi connectivity index (χ4n) is 5.88. The van der Waals surface area contributed by atoms with Crippen LogP contribution in [0.3, 0.4) is 0 Å². The van der Waals surface area contributed by atoms with Gasteiger partial charge in [0, 0.05) is 66.9 Å². The normalized spacial score (nSPS) is 17.6. The number of aryl methyl sites for hydroxylation is 2. The molecular weight excluding hydrogens is 457 g/mol. The van der Waals surface area contributed by atoms with Gasteiger partial charge in [-0.05, 0) is 59.6 Å². The number of carbonyl (C=O) groups excluding carboxylic acids is 1. The molecule has 3 aromatic heterocycles. The van der Waals surface area contributed by atoms with Crippen LogP contribution in [0.15, 0.2) is 36.8 Å². The monoisotopic (exact) mass is 491 g/mol. The van der Waals surface area contributed by atoms with Crippen LogP contribution in [0.5, 0.6) is 0 Å². The topological polar surface area (TPSA) is 79.5 Å². The molecule has 1 fully saturated rings. The van der Waals surface area contributed by atoms with Gasteiger partial charge in [0.1, 0.15) is 5.52 Å². The van der Waals surface area contributed by atoms with E-state index in [2.05, 4.69) is 60.4 Å². The number of rotatable bonds is 4. The Morgan fingerprint density at radius 1 is 1.17 bits per heavy atom.